The van der Waals surface area contributed by atoms with Crippen molar-refractivity contribution in [2.45, 2.75) is 0 Å². The average Bonchev–Trinajstić information content (AvgIpc) is 2.15. The molecule has 12 heavy (non-hydrogen) atoms. The number of rotatable bonds is 4. The van der Waals surface area contributed by atoms with Gasteiger partial charge in [-0.25, -0.2) is 0 Å². The highest BCUT2D eigenvalue weighted by Crippen LogP contribution is 1.98. The predicted molar refractivity (Wildman–Crippen MR) is 49.5 cm³/mol. The van der Waals surface area contributed by atoms with Crippen molar-refractivity contribution in [3.8, 4) is 0 Å². The minimum absolute atomic E-state index is 0.520. The van der Waals surface area contributed by atoms with Gasteiger partial charge in [0, 0.05) is 0 Å². The Bertz CT molecular complexity index is 242. The van der Waals surface area contributed by atoms with Crippen LogP contribution in [0.25, 0.3) is 0 Å². The predicted octanol–water partition coefficient (Wildman–Crippen LogP) is 0.229. The van der Waals surface area contributed by atoms with Crippen molar-refractivity contribution < 1.29 is 13.9 Å². The molecule has 0 bridgehead atoms. The molecule has 1 aromatic carbocycles. The molecular formula is C7H7BO3S. The van der Waals surface area contributed by atoms with E-state index in [1.807, 2.05) is 6.07 Å². The Morgan fingerprint density at radius 2 is 2.08 bits per heavy atom. The van der Waals surface area contributed by atoms with Gasteiger partial charge in [0.15, 0.2) is 0 Å². The minimum atomic E-state index is -1.04. The van der Waals surface area contributed by atoms with Gasteiger partial charge in [-0.3, -0.25) is 4.79 Å². The summed E-state index contributed by atoms with van der Waals surface area (Å²) in [6.45, 7) is 0. The summed E-state index contributed by atoms with van der Waals surface area (Å²) in [4.78, 5) is 9.87. The summed E-state index contributed by atoms with van der Waals surface area (Å²) in [5.74, 6) is 0. The zero-order chi connectivity index (χ0) is 8.81. The van der Waals surface area contributed by atoms with Gasteiger partial charge in [0.2, 0.25) is 5.62 Å². The summed E-state index contributed by atoms with van der Waals surface area (Å²) >= 11 is 0.580. The molecule has 0 spiro atoms. The topological polar surface area (TPSA) is 46.5 Å². The highest BCUT2D eigenvalue weighted by Gasteiger charge is 2.15. The summed E-state index contributed by atoms with van der Waals surface area (Å²) in [5, 5.41) is 9.25. The Hall–Kier alpha value is -0.775. The Labute approximate surface area is 75.1 Å². The van der Waals surface area contributed by atoms with Crippen LogP contribution in [0.1, 0.15) is 0 Å². The van der Waals surface area contributed by atoms with Crippen LogP contribution in [0.4, 0.5) is 0 Å². The fourth-order valence-electron chi connectivity index (χ4n) is 0.749. The smallest absolute Gasteiger partial charge is 0.422 e. The van der Waals surface area contributed by atoms with E-state index >= 15 is 0 Å². The molecule has 1 N–H and O–H groups in total. The third-order valence-corrected chi connectivity index (χ3v) is 1.64. The van der Waals surface area contributed by atoms with Gasteiger partial charge < -0.3 is 9.12 Å². The van der Waals surface area contributed by atoms with Gasteiger partial charge in [-0.05, 0) is 5.46 Å². The van der Waals surface area contributed by atoms with Crippen molar-refractivity contribution in [1.29, 1.82) is 0 Å². The van der Waals surface area contributed by atoms with E-state index in [2.05, 4.69) is 4.10 Å². The molecule has 0 aliphatic heterocycles. The van der Waals surface area contributed by atoms with Gasteiger partial charge in [-0.2, -0.15) is 0 Å². The quantitative estimate of drug-likeness (QED) is 0.411. The van der Waals surface area contributed by atoms with Crippen molar-refractivity contribution >= 4 is 30.2 Å². The minimum Gasteiger partial charge on any atom is -0.422 e. The SMILES string of the molecule is O=CSOB(O)c1ccccc1. The molecule has 0 saturated carbocycles. The van der Waals surface area contributed by atoms with Gasteiger partial charge >= 0.3 is 7.12 Å². The third kappa shape index (κ3) is 2.69. The molecule has 0 amide bonds. The lowest BCUT2D eigenvalue weighted by Crippen LogP contribution is -2.31. The first kappa shape index (κ1) is 9.31. The summed E-state index contributed by atoms with van der Waals surface area (Å²) in [7, 11) is -1.04. The molecule has 0 aliphatic carbocycles. The summed E-state index contributed by atoms with van der Waals surface area (Å²) in [6, 6.07) is 8.84. The van der Waals surface area contributed by atoms with Crippen LogP contribution in [0.15, 0.2) is 30.3 Å². The number of carbonyl (C=O) groups is 1. The Morgan fingerprint density at radius 1 is 1.42 bits per heavy atom. The molecule has 3 nitrogen and oxygen atoms in total. The zero-order valence-corrected chi connectivity index (χ0v) is 7.03. The second-order valence-corrected chi connectivity index (χ2v) is 2.63. The van der Waals surface area contributed by atoms with Crippen LogP contribution in [0, 0.1) is 0 Å². The van der Waals surface area contributed by atoms with Crippen LogP contribution in [-0.2, 0) is 8.90 Å². The Kier molecular flexibility index (Phi) is 3.86. The highest BCUT2D eigenvalue weighted by molar-refractivity contribution is 8.08. The van der Waals surface area contributed by atoms with E-state index in [4.69, 9.17) is 0 Å². The van der Waals surface area contributed by atoms with Crippen LogP contribution in [-0.4, -0.2) is 17.8 Å². The van der Waals surface area contributed by atoms with Crippen LogP contribution < -0.4 is 5.46 Å². The van der Waals surface area contributed by atoms with Crippen LogP contribution >= 0.6 is 12.0 Å². The van der Waals surface area contributed by atoms with Crippen LogP contribution in [0.5, 0.6) is 0 Å². The molecule has 0 unspecified atom stereocenters. The molecule has 0 heterocycles. The highest BCUT2D eigenvalue weighted by atomic mass is 32.2. The van der Waals surface area contributed by atoms with Crippen molar-refractivity contribution in [3.63, 3.8) is 0 Å². The van der Waals surface area contributed by atoms with Gasteiger partial charge in [0.25, 0.3) is 0 Å². The van der Waals surface area contributed by atoms with E-state index < -0.39 is 7.12 Å². The van der Waals surface area contributed by atoms with Crippen LogP contribution in [0.3, 0.4) is 0 Å². The zero-order valence-electron chi connectivity index (χ0n) is 6.21. The maximum atomic E-state index is 9.87. The van der Waals surface area contributed by atoms with Crippen molar-refractivity contribution in [3.05, 3.63) is 30.3 Å². The van der Waals surface area contributed by atoms with E-state index in [-0.39, 0.29) is 0 Å². The Morgan fingerprint density at radius 3 is 2.67 bits per heavy atom. The van der Waals surface area contributed by atoms with E-state index in [0.717, 1.165) is 0 Å². The lowest BCUT2D eigenvalue weighted by atomic mass is 9.80. The molecular weight excluding hydrogens is 175 g/mol. The first-order chi connectivity index (χ1) is 5.84. The van der Waals surface area contributed by atoms with Crippen molar-refractivity contribution in [2.75, 3.05) is 0 Å². The molecule has 1 aromatic rings. The molecule has 0 fully saturated rings. The lowest BCUT2D eigenvalue weighted by molar-refractivity contribution is 0.469. The molecule has 0 atom stereocenters. The normalized spacial score (nSPS) is 9.42. The van der Waals surface area contributed by atoms with Gasteiger partial charge in [-0.1, -0.05) is 30.3 Å². The van der Waals surface area contributed by atoms with Gasteiger partial charge in [0.1, 0.15) is 0 Å². The molecule has 0 aliphatic rings. The standard InChI is InChI=1S/C7H7BO3S/c9-6-12-11-8(10)7-4-2-1-3-5-7/h1-6,10H. The molecule has 0 saturated heterocycles. The fraction of sp³-hybridized carbons (Fsp3) is 0. The first-order valence-electron chi connectivity index (χ1n) is 3.33. The third-order valence-electron chi connectivity index (χ3n) is 1.27. The maximum Gasteiger partial charge on any atom is 0.502 e. The van der Waals surface area contributed by atoms with Gasteiger partial charge in [-0.15, -0.1) is 0 Å². The van der Waals surface area contributed by atoms with E-state index in [1.54, 1.807) is 24.3 Å². The monoisotopic (exact) mass is 182 g/mol. The number of hydrogen-bond acceptors (Lipinski definition) is 4. The van der Waals surface area contributed by atoms with E-state index in [0.29, 0.717) is 23.1 Å². The molecule has 1 rings (SSSR count). The summed E-state index contributed by atoms with van der Waals surface area (Å²) in [6.07, 6.45) is 0. The molecule has 0 aromatic heterocycles. The largest absolute Gasteiger partial charge is 0.502 e. The van der Waals surface area contributed by atoms with Crippen LogP contribution in [0.2, 0.25) is 0 Å². The lowest BCUT2D eigenvalue weighted by Gasteiger charge is -2.02. The van der Waals surface area contributed by atoms with Crippen molar-refractivity contribution in [2.24, 2.45) is 0 Å². The van der Waals surface area contributed by atoms with E-state index in [9.17, 15) is 9.82 Å². The summed E-state index contributed by atoms with van der Waals surface area (Å²) in [5.41, 5.74) is 1.15. The summed E-state index contributed by atoms with van der Waals surface area (Å²) < 4.78 is 4.68. The second-order valence-electron chi connectivity index (χ2n) is 2.05. The van der Waals surface area contributed by atoms with E-state index in [1.165, 1.54) is 0 Å². The number of hydrogen-bond donors (Lipinski definition) is 1. The average molecular weight is 182 g/mol. The molecule has 0 radical (unpaired) electrons. The molecule has 62 valence electrons. The maximum absolute atomic E-state index is 9.87. The fourth-order valence-corrected chi connectivity index (χ4v) is 1.01. The molecule has 5 heteroatoms. The van der Waals surface area contributed by atoms with Crippen molar-refractivity contribution in [1.82, 2.24) is 0 Å². The Balaban J connectivity index is 2.53. The number of carbonyl (C=O) groups excluding carboxylic acids is 1. The van der Waals surface area contributed by atoms with Gasteiger partial charge in [0.05, 0.1) is 12.0 Å². The first-order valence-corrected chi connectivity index (χ1v) is 4.14. The second kappa shape index (κ2) is 4.98. The number of benzene rings is 1.